The van der Waals surface area contributed by atoms with Gasteiger partial charge in [-0.2, -0.15) is 4.98 Å². The summed E-state index contributed by atoms with van der Waals surface area (Å²) < 4.78 is 6.44. The zero-order valence-electron chi connectivity index (χ0n) is 11.5. The highest BCUT2D eigenvalue weighted by molar-refractivity contribution is 9.10. The number of piperidine rings is 1. The number of rotatable bonds is 3. The first kappa shape index (κ1) is 13.8. The lowest BCUT2D eigenvalue weighted by atomic mass is 9.90. The molecule has 1 N–H and O–H groups in total. The quantitative estimate of drug-likeness (QED) is 0.922. The second-order valence-electron chi connectivity index (χ2n) is 5.24. The molecule has 1 aromatic carbocycles. The van der Waals surface area contributed by atoms with Crippen LogP contribution in [0.25, 0.3) is 11.4 Å². The van der Waals surface area contributed by atoms with E-state index in [0.717, 1.165) is 28.9 Å². The summed E-state index contributed by atoms with van der Waals surface area (Å²) in [7, 11) is 0. The van der Waals surface area contributed by atoms with Crippen molar-refractivity contribution >= 4 is 15.9 Å². The summed E-state index contributed by atoms with van der Waals surface area (Å²) in [4.78, 5) is 4.56. The van der Waals surface area contributed by atoms with Crippen LogP contribution in [-0.2, 0) is 0 Å². The maximum Gasteiger partial charge on any atom is 0.244 e. The minimum absolute atomic E-state index is 0.192. The molecule has 2 aromatic rings. The monoisotopic (exact) mass is 335 g/mol. The highest BCUT2D eigenvalue weighted by Gasteiger charge is 2.26. The molecule has 0 spiro atoms. The Bertz CT molecular complexity index is 584. The van der Waals surface area contributed by atoms with Crippen molar-refractivity contribution < 1.29 is 4.52 Å². The van der Waals surface area contributed by atoms with Gasteiger partial charge < -0.3 is 9.84 Å². The summed E-state index contributed by atoms with van der Waals surface area (Å²) in [5.41, 5.74) is 0.963. The molecule has 0 bridgehead atoms. The Kier molecular flexibility index (Phi) is 4.17. The first-order chi connectivity index (χ1) is 9.78. The van der Waals surface area contributed by atoms with Crippen molar-refractivity contribution in [3.05, 3.63) is 34.6 Å². The Morgan fingerprint density at radius 1 is 1.40 bits per heavy atom. The zero-order chi connectivity index (χ0) is 13.9. The number of hydrogen-bond acceptors (Lipinski definition) is 4. The third kappa shape index (κ3) is 2.79. The van der Waals surface area contributed by atoms with Crippen molar-refractivity contribution in [1.29, 1.82) is 0 Å². The van der Waals surface area contributed by atoms with E-state index in [1.165, 1.54) is 12.8 Å². The van der Waals surface area contributed by atoms with Crippen LogP contribution >= 0.6 is 15.9 Å². The lowest BCUT2D eigenvalue weighted by Crippen LogP contribution is -2.31. The van der Waals surface area contributed by atoms with Gasteiger partial charge in [-0.3, -0.25) is 0 Å². The number of hydrogen-bond donors (Lipinski definition) is 1. The first-order valence-electron chi connectivity index (χ1n) is 7.09. The molecule has 1 saturated heterocycles. The van der Waals surface area contributed by atoms with Crippen LogP contribution in [0.15, 0.2) is 33.3 Å². The molecule has 0 aliphatic carbocycles. The van der Waals surface area contributed by atoms with Gasteiger partial charge in [-0.15, -0.1) is 0 Å². The van der Waals surface area contributed by atoms with Crippen LogP contribution in [0.3, 0.4) is 0 Å². The Hall–Kier alpha value is -1.20. The molecule has 1 aliphatic heterocycles. The molecule has 1 aromatic heterocycles. The standard InChI is InChI=1S/C15H18BrN3O/c1-2-10-7-8-17-13(9-10)15-18-14(19-20-15)11-5-3-4-6-12(11)16/h3-6,10,13,17H,2,7-9H2,1H3. The number of benzene rings is 1. The topological polar surface area (TPSA) is 51.0 Å². The Morgan fingerprint density at radius 3 is 3.05 bits per heavy atom. The average Bonchev–Trinajstić information content (AvgIpc) is 2.97. The molecule has 4 nitrogen and oxygen atoms in total. The van der Waals surface area contributed by atoms with Crippen molar-refractivity contribution in [1.82, 2.24) is 15.5 Å². The van der Waals surface area contributed by atoms with E-state index in [9.17, 15) is 0 Å². The first-order valence-corrected chi connectivity index (χ1v) is 7.89. The fourth-order valence-corrected chi connectivity index (χ4v) is 3.15. The van der Waals surface area contributed by atoms with Crippen LogP contribution < -0.4 is 5.32 Å². The van der Waals surface area contributed by atoms with E-state index in [2.05, 4.69) is 38.3 Å². The summed E-state index contributed by atoms with van der Waals surface area (Å²) in [6.45, 7) is 3.27. The molecular formula is C15H18BrN3O. The summed E-state index contributed by atoms with van der Waals surface area (Å²) >= 11 is 3.52. The summed E-state index contributed by atoms with van der Waals surface area (Å²) in [6, 6.07) is 8.11. The van der Waals surface area contributed by atoms with Crippen molar-refractivity contribution in [2.24, 2.45) is 5.92 Å². The van der Waals surface area contributed by atoms with Crippen LogP contribution in [0, 0.1) is 5.92 Å². The Balaban J connectivity index is 1.82. The number of nitrogens with zero attached hydrogens (tertiary/aromatic N) is 2. The fraction of sp³-hybridized carbons (Fsp3) is 0.467. The van der Waals surface area contributed by atoms with Crippen LogP contribution in [-0.4, -0.2) is 16.7 Å². The zero-order valence-corrected chi connectivity index (χ0v) is 13.1. The van der Waals surface area contributed by atoms with E-state index >= 15 is 0 Å². The van der Waals surface area contributed by atoms with Crippen molar-refractivity contribution in [3.8, 4) is 11.4 Å². The van der Waals surface area contributed by atoms with Gasteiger partial charge in [0.25, 0.3) is 0 Å². The molecule has 0 saturated carbocycles. The second-order valence-corrected chi connectivity index (χ2v) is 6.10. The lowest BCUT2D eigenvalue weighted by molar-refractivity contribution is 0.246. The molecule has 2 atom stereocenters. The SMILES string of the molecule is CCC1CCNC(c2nc(-c3ccccc3Br)no2)C1. The fourth-order valence-electron chi connectivity index (χ4n) is 2.68. The number of aromatic nitrogens is 2. The highest BCUT2D eigenvalue weighted by Crippen LogP contribution is 2.30. The van der Waals surface area contributed by atoms with Gasteiger partial charge in [0.2, 0.25) is 11.7 Å². The number of halogens is 1. The van der Waals surface area contributed by atoms with Gasteiger partial charge in [-0.1, -0.05) is 46.6 Å². The van der Waals surface area contributed by atoms with Crippen LogP contribution in [0.1, 0.15) is 38.1 Å². The van der Waals surface area contributed by atoms with Gasteiger partial charge in [-0.25, -0.2) is 0 Å². The van der Waals surface area contributed by atoms with Gasteiger partial charge in [0.1, 0.15) is 0 Å². The van der Waals surface area contributed by atoms with Crippen molar-refractivity contribution in [2.75, 3.05) is 6.54 Å². The van der Waals surface area contributed by atoms with E-state index in [4.69, 9.17) is 4.52 Å². The average molecular weight is 336 g/mol. The molecule has 106 valence electrons. The Labute approximate surface area is 127 Å². The molecule has 5 heteroatoms. The van der Waals surface area contributed by atoms with Crippen LogP contribution in [0.4, 0.5) is 0 Å². The highest BCUT2D eigenvalue weighted by atomic mass is 79.9. The molecule has 0 amide bonds. The van der Waals surface area contributed by atoms with Gasteiger partial charge >= 0.3 is 0 Å². The molecule has 2 unspecified atom stereocenters. The van der Waals surface area contributed by atoms with Gasteiger partial charge in [0.15, 0.2) is 0 Å². The molecule has 2 heterocycles. The number of nitrogens with one attached hydrogen (secondary N) is 1. The molecular weight excluding hydrogens is 318 g/mol. The summed E-state index contributed by atoms with van der Waals surface area (Å²) in [5.74, 6) is 2.10. The van der Waals surface area contributed by atoms with E-state index in [-0.39, 0.29) is 6.04 Å². The van der Waals surface area contributed by atoms with E-state index < -0.39 is 0 Å². The smallest absolute Gasteiger partial charge is 0.244 e. The predicted octanol–water partition coefficient (Wildman–Crippen LogP) is 3.95. The van der Waals surface area contributed by atoms with E-state index in [1.54, 1.807) is 0 Å². The summed E-state index contributed by atoms with van der Waals surface area (Å²) in [6.07, 6.45) is 3.52. The minimum atomic E-state index is 0.192. The van der Waals surface area contributed by atoms with Crippen molar-refractivity contribution in [2.45, 2.75) is 32.2 Å². The molecule has 1 fully saturated rings. The maximum atomic E-state index is 5.46. The molecule has 1 aliphatic rings. The third-order valence-corrected chi connectivity index (χ3v) is 4.64. The third-order valence-electron chi connectivity index (χ3n) is 3.94. The molecule has 3 rings (SSSR count). The predicted molar refractivity (Wildman–Crippen MR) is 81.2 cm³/mol. The van der Waals surface area contributed by atoms with E-state index in [1.807, 2.05) is 24.3 Å². The lowest BCUT2D eigenvalue weighted by Gasteiger charge is -2.27. The van der Waals surface area contributed by atoms with Crippen LogP contribution in [0.5, 0.6) is 0 Å². The molecule has 0 radical (unpaired) electrons. The van der Waals surface area contributed by atoms with E-state index in [0.29, 0.717) is 11.7 Å². The normalized spacial score (nSPS) is 22.9. The van der Waals surface area contributed by atoms with Crippen molar-refractivity contribution in [3.63, 3.8) is 0 Å². The van der Waals surface area contributed by atoms with Gasteiger partial charge in [0, 0.05) is 10.0 Å². The van der Waals surface area contributed by atoms with Gasteiger partial charge in [0.05, 0.1) is 6.04 Å². The minimum Gasteiger partial charge on any atom is -0.337 e. The second kappa shape index (κ2) is 6.06. The molecule has 20 heavy (non-hydrogen) atoms. The van der Waals surface area contributed by atoms with Gasteiger partial charge in [-0.05, 0) is 37.4 Å². The Morgan fingerprint density at radius 2 is 2.25 bits per heavy atom. The summed E-state index contributed by atoms with van der Waals surface area (Å²) in [5, 5.41) is 7.59. The maximum absolute atomic E-state index is 5.46. The largest absolute Gasteiger partial charge is 0.337 e. The van der Waals surface area contributed by atoms with Crippen LogP contribution in [0.2, 0.25) is 0 Å².